The van der Waals surface area contributed by atoms with Gasteiger partial charge in [0.15, 0.2) is 0 Å². The number of nitrogens with one attached hydrogen (secondary N) is 1. The fourth-order valence-corrected chi connectivity index (χ4v) is 5.06. The van der Waals surface area contributed by atoms with Gasteiger partial charge < -0.3 is 10.0 Å². The molecule has 1 amide bonds. The van der Waals surface area contributed by atoms with E-state index in [1.807, 2.05) is 24.0 Å². The molecule has 0 aliphatic carbocycles. The van der Waals surface area contributed by atoms with Gasteiger partial charge in [0.05, 0.1) is 17.0 Å². The Kier molecular flexibility index (Phi) is 5.62. The fourth-order valence-electron chi connectivity index (χ4n) is 3.62. The number of likely N-dealkylation sites (N-methyl/N-ethyl adjacent to an activating group) is 1. The number of hydrogen-bond acceptors (Lipinski definition) is 5. The Balaban J connectivity index is 1.71. The molecule has 0 saturated carbocycles. The van der Waals surface area contributed by atoms with Gasteiger partial charge in [0, 0.05) is 34.9 Å². The zero-order valence-electron chi connectivity index (χ0n) is 16.1. The summed E-state index contributed by atoms with van der Waals surface area (Å²) in [5.74, 6) is -1.69. The first kappa shape index (κ1) is 20.6. The highest BCUT2D eigenvalue weighted by atomic mass is 35.5. The number of benzene rings is 2. The van der Waals surface area contributed by atoms with Gasteiger partial charge in [0.2, 0.25) is 0 Å². The van der Waals surface area contributed by atoms with Crippen molar-refractivity contribution in [1.82, 2.24) is 5.01 Å². The number of thioether (sulfide) groups is 1. The third-order valence-electron chi connectivity index (χ3n) is 5.12. The Labute approximate surface area is 182 Å². The van der Waals surface area contributed by atoms with Crippen LogP contribution in [-0.2, 0) is 9.59 Å². The molecule has 1 fully saturated rings. The molecule has 2 aliphatic heterocycles. The molecule has 2 aromatic rings. The van der Waals surface area contributed by atoms with E-state index in [2.05, 4.69) is 5.43 Å². The minimum Gasteiger partial charge on any atom is -0.478 e. The van der Waals surface area contributed by atoms with Crippen LogP contribution < -0.4 is 10.3 Å². The van der Waals surface area contributed by atoms with Crippen molar-refractivity contribution in [1.29, 1.82) is 0 Å². The topological polar surface area (TPSA) is 72.9 Å². The molecule has 0 aromatic heterocycles. The van der Waals surface area contributed by atoms with Crippen molar-refractivity contribution >= 4 is 52.2 Å². The van der Waals surface area contributed by atoms with E-state index in [9.17, 15) is 19.1 Å². The normalized spacial score (nSPS) is 18.3. The second-order valence-electron chi connectivity index (χ2n) is 6.87. The van der Waals surface area contributed by atoms with Crippen LogP contribution in [-0.4, -0.2) is 40.8 Å². The van der Waals surface area contributed by atoms with Crippen molar-refractivity contribution in [2.75, 3.05) is 29.2 Å². The average molecular weight is 448 g/mol. The lowest BCUT2D eigenvalue weighted by Gasteiger charge is -2.31. The maximum atomic E-state index is 15.0. The Bertz CT molecular complexity index is 1060. The molecule has 1 saturated heterocycles. The molecule has 2 N–H and O–H groups in total. The monoisotopic (exact) mass is 447 g/mol. The summed E-state index contributed by atoms with van der Waals surface area (Å²) in [5.41, 5.74) is 4.77. The summed E-state index contributed by atoms with van der Waals surface area (Å²) in [7, 11) is 0. The number of carboxylic acid groups (broad SMARTS) is 1. The lowest BCUT2D eigenvalue weighted by atomic mass is 9.98. The van der Waals surface area contributed by atoms with Gasteiger partial charge in [-0.3, -0.25) is 10.2 Å². The molecular weight excluding hydrogens is 429 g/mol. The Morgan fingerprint density at radius 3 is 2.83 bits per heavy atom. The van der Waals surface area contributed by atoms with Gasteiger partial charge >= 0.3 is 5.97 Å². The number of halogens is 2. The maximum absolute atomic E-state index is 15.0. The first-order valence-electron chi connectivity index (χ1n) is 9.37. The SMILES string of the molecule is CCN1CC=C(C(=O)O)c2cc(F)c(NN3C(=O)CSC3c3ccccc3Cl)cc21. The van der Waals surface area contributed by atoms with Crippen LogP contribution in [0.25, 0.3) is 5.57 Å². The van der Waals surface area contributed by atoms with Crippen LogP contribution >= 0.6 is 23.4 Å². The first-order chi connectivity index (χ1) is 14.4. The smallest absolute Gasteiger partial charge is 0.336 e. The number of fused-ring (bicyclic) bond motifs is 1. The molecular formula is C21H19ClFN3O3S. The van der Waals surface area contributed by atoms with E-state index in [-0.39, 0.29) is 22.9 Å². The maximum Gasteiger partial charge on any atom is 0.336 e. The Hall–Kier alpha value is -2.71. The molecule has 4 rings (SSSR count). The molecule has 0 spiro atoms. The third kappa shape index (κ3) is 3.61. The summed E-state index contributed by atoms with van der Waals surface area (Å²) in [4.78, 5) is 26.0. The van der Waals surface area contributed by atoms with E-state index >= 15 is 0 Å². The van der Waals surface area contributed by atoms with Gasteiger partial charge in [-0.05, 0) is 25.1 Å². The molecule has 1 atom stereocenters. The molecule has 30 heavy (non-hydrogen) atoms. The Morgan fingerprint density at radius 1 is 1.37 bits per heavy atom. The van der Waals surface area contributed by atoms with Crippen LogP contribution in [0.1, 0.15) is 23.4 Å². The number of rotatable bonds is 5. The van der Waals surface area contributed by atoms with E-state index in [1.165, 1.54) is 22.8 Å². The summed E-state index contributed by atoms with van der Waals surface area (Å²) in [6.07, 6.45) is 1.58. The van der Waals surface area contributed by atoms with Crippen molar-refractivity contribution in [3.8, 4) is 0 Å². The molecule has 156 valence electrons. The zero-order valence-corrected chi connectivity index (χ0v) is 17.6. The van der Waals surface area contributed by atoms with Crippen molar-refractivity contribution in [3.63, 3.8) is 0 Å². The lowest BCUT2D eigenvalue weighted by Crippen LogP contribution is -2.35. The molecule has 0 radical (unpaired) electrons. The molecule has 6 nitrogen and oxygen atoms in total. The Morgan fingerprint density at radius 2 is 2.13 bits per heavy atom. The van der Waals surface area contributed by atoms with E-state index in [1.54, 1.807) is 24.3 Å². The van der Waals surface area contributed by atoms with Gasteiger partial charge in [-0.25, -0.2) is 14.2 Å². The van der Waals surface area contributed by atoms with Crippen LogP contribution in [0, 0.1) is 5.82 Å². The second-order valence-corrected chi connectivity index (χ2v) is 8.35. The standard InChI is InChI=1S/C21H19ClFN3O3S/c1-2-25-8-7-12(21(28)29)14-9-16(23)17(10-18(14)25)24-26-19(27)11-30-20(26)13-5-3-4-6-15(13)22/h3-7,9-10,20,24H,2,8,11H2,1H3,(H,28,29). The number of anilines is 2. The van der Waals surface area contributed by atoms with Crippen LogP contribution in [0.15, 0.2) is 42.5 Å². The van der Waals surface area contributed by atoms with Gasteiger partial charge in [-0.15, -0.1) is 11.8 Å². The predicted molar refractivity (Wildman–Crippen MR) is 117 cm³/mol. The highest BCUT2D eigenvalue weighted by Crippen LogP contribution is 2.42. The quantitative estimate of drug-likeness (QED) is 0.708. The number of hydrazine groups is 1. The number of amides is 1. The largest absolute Gasteiger partial charge is 0.478 e. The number of hydrogen-bond donors (Lipinski definition) is 2. The summed E-state index contributed by atoms with van der Waals surface area (Å²) >= 11 is 7.71. The van der Waals surface area contributed by atoms with Crippen LogP contribution in [0.5, 0.6) is 0 Å². The highest BCUT2D eigenvalue weighted by molar-refractivity contribution is 8.00. The van der Waals surface area contributed by atoms with Gasteiger partial charge in [-0.2, -0.15) is 0 Å². The number of carbonyl (C=O) groups excluding carboxylic acids is 1. The number of carboxylic acids is 1. The van der Waals surface area contributed by atoms with Crippen molar-refractivity contribution in [2.45, 2.75) is 12.3 Å². The summed E-state index contributed by atoms with van der Waals surface area (Å²) in [6, 6.07) is 9.99. The minimum absolute atomic E-state index is 0.0712. The first-order valence-corrected chi connectivity index (χ1v) is 10.8. The minimum atomic E-state index is -1.10. The fraction of sp³-hybridized carbons (Fsp3) is 0.238. The highest BCUT2D eigenvalue weighted by Gasteiger charge is 2.35. The summed E-state index contributed by atoms with van der Waals surface area (Å²) < 4.78 is 15.0. The third-order valence-corrected chi connectivity index (χ3v) is 6.66. The number of nitrogens with zero attached hydrogens (tertiary/aromatic N) is 2. The second kappa shape index (κ2) is 8.20. The molecule has 2 aliphatic rings. The molecule has 2 heterocycles. The summed E-state index contributed by atoms with van der Waals surface area (Å²) in [6.45, 7) is 2.98. The van der Waals surface area contributed by atoms with Crippen LogP contribution in [0.2, 0.25) is 5.02 Å². The van der Waals surface area contributed by atoms with Crippen molar-refractivity contribution in [3.05, 3.63) is 64.4 Å². The molecule has 1 unspecified atom stereocenters. The van der Waals surface area contributed by atoms with Crippen LogP contribution in [0.3, 0.4) is 0 Å². The molecule has 9 heteroatoms. The van der Waals surface area contributed by atoms with E-state index in [4.69, 9.17) is 11.6 Å². The average Bonchev–Trinajstić information content (AvgIpc) is 3.08. The zero-order chi connectivity index (χ0) is 21.4. The van der Waals surface area contributed by atoms with E-state index in [0.29, 0.717) is 29.4 Å². The van der Waals surface area contributed by atoms with Crippen molar-refractivity contribution < 1.29 is 19.1 Å². The van der Waals surface area contributed by atoms with Gasteiger partial charge in [0.1, 0.15) is 11.2 Å². The number of aliphatic carboxylic acids is 1. The van der Waals surface area contributed by atoms with E-state index < -0.39 is 17.2 Å². The lowest BCUT2D eigenvalue weighted by molar-refractivity contribution is -0.130. The summed E-state index contributed by atoms with van der Waals surface area (Å²) in [5, 5.41) is 11.0. The van der Waals surface area contributed by atoms with Crippen LogP contribution in [0.4, 0.5) is 15.8 Å². The molecule has 0 bridgehead atoms. The molecule has 2 aromatic carbocycles. The van der Waals surface area contributed by atoms with E-state index in [0.717, 1.165) is 5.56 Å². The predicted octanol–water partition coefficient (Wildman–Crippen LogP) is 4.39. The number of carbonyl (C=O) groups is 2. The van der Waals surface area contributed by atoms with Crippen molar-refractivity contribution in [2.24, 2.45) is 0 Å². The van der Waals surface area contributed by atoms with Gasteiger partial charge in [0.25, 0.3) is 5.91 Å². The van der Waals surface area contributed by atoms with Gasteiger partial charge in [-0.1, -0.05) is 35.9 Å².